The molecule has 2 N–H and O–H groups in total. The molecule has 27 heavy (non-hydrogen) atoms. The molecule has 1 atom stereocenters. The van der Waals surface area contributed by atoms with Crippen molar-refractivity contribution in [2.75, 3.05) is 12.4 Å². The number of benzene rings is 2. The molecule has 0 unspecified atom stereocenters. The van der Waals surface area contributed by atoms with Crippen LogP contribution >= 0.6 is 11.8 Å². The fourth-order valence-corrected chi connectivity index (χ4v) is 3.00. The maximum absolute atomic E-state index is 12.1. The van der Waals surface area contributed by atoms with Gasteiger partial charge in [0.1, 0.15) is 11.5 Å². The molecule has 0 saturated heterocycles. The Morgan fingerprint density at radius 1 is 1.04 bits per heavy atom. The first-order valence-electron chi connectivity index (χ1n) is 8.66. The first kappa shape index (κ1) is 20.6. The van der Waals surface area contributed by atoms with Gasteiger partial charge in [0.25, 0.3) is 5.91 Å². The second kappa shape index (κ2) is 10.5. The molecular formula is C20H24N2O4S. The van der Waals surface area contributed by atoms with Gasteiger partial charge in [0.05, 0.1) is 12.4 Å². The van der Waals surface area contributed by atoms with Gasteiger partial charge in [-0.25, -0.2) is 0 Å². The predicted octanol–water partition coefficient (Wildman–Crippen LogP) is 3.10. The number of hydrogen-bond donors (Lipinski definition) is 2. The number of hydrazine groups is 1. The number of carbonyl (C=O) groups is 2. The van der Waals surface area contributed by atoms with Gasteiger partial charge in [-0.05, 0) is 56.7 Å². The van der Waals surface area contributed by atoms with E-state index in [1.165, 1.54) is 11.8 Å². The highest BCUT2D eigenvalue weighted by Gasteiger charge is 2.15. The minimum Gasteiger partial charge on any atom is -0.494 e. The Morgan fingerprint density at radius 3 is 2.37 bits per heavy atom. The number of amides is 2. The van der Waals surface area contributed by atoms with Crippen LogP contribution in [0.2, 0.25) is 0 Å². The van der Waals surface area contributed by atoms with Gasteiger partial charge in [-0.2, -0.15) is 0 Å². The van der Waals surface area contributed by atoms with Crippen molar-refractivity contribution in [2.45, 2.75) is 31.8 Å². The summed E-state index contributed by atoms with van der Waals surface area (Å²) in [5, 5.41) is 0. The van der Waals surface area contributed by atoms with Crippen LogP contribution in [-0.4, -0.2) is 30.3 Å². The lowest BCUT2D eigenvalue weighted by Gasteiger charge is -2.15. The Kier molecular flexibility index (Phi) is 8.00. The Labute approximate surface area is 163 Å². The van der Waals surface area contributed by atoms with Crippen molar-refractivity contribution < 1.29 is 19.1 Å². The fraction of sp³-hybridized carbons (Fsp3) is 0.300. The highest BCUT2D eigenvalue weighted by Crippen LogP contribution is 2.21. The van der Waals surface area contributed by atoms with Crippen LogP contribution in [0.4, 0.5) is 0 Å². The highest BCUT2D eigenvalue weighted by molar-refractivity contribution is 8.00. The van der Waals surface area contributed by atoms with Crippen LogP contribution in [0.5, 0.6) is 11.5 Å². The van der Waals surface area contributed by atoms with Crippen molar-refractivity contribution in [1.29, 1.82) is 0 Å². The zero-order valence-corrected chi connectivity index (χ0v) is 16.5. The zero-order valence-electron chi connectivity index (χ0n) is 15.7. The van der Waals surface area contributed by atoms with E-state index < -0.39 is 12.0 Å². The van der Waals surface area contributed by atoms with Gasteiger partial charge < -0.3 is 9.47 Å². The fourth-order valence-electron chi connectivity index (χ4n) is 2.17. The van der Waals surface area contributed by atoms with Crippen LogP contribution in [0.3, 0.4) is 0 Å². The number of rotatable bonds is 8. The molecule has 2 amide bonds. The van der Waals surface area contributed by atoms with E-state index in [2.05, 4.69) is 10.9 Å². The van der Waals surface area contributed by atoms with E-state index >= 15 is 0 Å². The molecule has 2 rings (SSSR count). The SMILES string of the molecule is CCOc1ccc(O[C@@H](C)C(=O)NNC(=O)CSc2ccccc2C)cc1. The lowest BCUT2D eigenvalue weighted by molar-refractivity contribution is -0.131. The Bertz CT molecular complexity index is 765. The molecule has 144 valence electrons. The molecule has 2 aromatic carbocycles. The summed E-state index contributed by atoms with van der Waals surface area (Å²) in [4.78, 5) is 25.0. The van der Waals surface area contributed by atoms with Gasteiger partial charge in [-0.3, -0.25) is 20.4 Å². The molecule has 6 nitrogen and oxygen atoms in total. The first-order chi connectivity index (χ1) is 13.0. The molecule has 0 aliphatic rings. The summed E-state index contributed by atoms with van der Waals surface area (Å²) in [7, 11) is 0. The van der Waals surface area contributed by atoms with E-state index in [-0.39, 0.29) is 11.7 Å². The number of hydrogen-bond acceptors (Lipinski definition) is 5. The van der Waals surface area contributed by atoms with E-state index in [0.29, 0.717) is 12.4 Å². The van der Waals surface area contributed by atoms with Crippen LogP contribution in [0, 0.1) is 6.92 Å². The van der Waals surface area contributed by atoms with Crippen molar-refractivity contribution in [3.05, 3.63) is 54.1 Å². The van der Waals surface area contributed by atoms with Crippen molar-refractivity contribution >= 4 is 23.6 Å². The smallest absolute Gasteiger partial charge is 0.279 e. The lowest BCUT2D eigenvalue weighted by Crippen LogP contribution is -2.47. The summed E-state index contributed by atoms with van der Waals surface area (Å²) >= 11 is 1.42. The third kappa shape index (κ3) is 6.86. The van der Waals surface area contributed by atoms with Gasteiger partial charge in [0, 0.05) is 4.90 Å². The molecule has 0 saturated carbocycles. The van der Waals surface area contributed by atoms with E-state index in [0.717, 1.165) is 16.2 Å². The van der Waals surface area contributed by atoms with Crippen LogP contribution in [0.15, 0.2) is 53.4 Å². The minimum absolute atomic E-state index is 0.208. The van der Waals surface area contributed by atoms with E-state index in [1.807, 2.05) is 38.1 Å². The van der Waals surface area contributed by atoms with Crippen molar-refractivity contribution in [3.8, 4) is 11.5 Å². The molecule has 0 spiro atoms. The highest BCUT2D eigenvalue weighted by atomic mass is 32.2. The van der Waals surface area contributed by atoms with Gasteiger partial charge in [-0.1, -0.05) is 18.2 Å². The summed E-state index contributed by atoms with van der Waals surface area (Å²) < 4.78 is 10.9. The average molecular weight is 388 g/mol. The summed E-state index contributed by atoms with van der Waals surface area (Å²) in [5.74, 6) is 0.769. The molecular weight excluding hydrogens is 364 g/mol. The van der Waals surface area contributed by atoms with E-state index in [9.17, 15) is 9.59 Å². The van der Waals surface area contributed by atoms with Crippen molar-refractivity contribution in [3.63, 3.8) is 0 Å². The quantitative estimate of drug-likeness (QED) is 0.537. The molecule has 0 bridgehead atoms. The molecule has 0 aromatic heterocycles. The maximum atomic E-state index is 12.1. The Morgan fingerprint density at radius 2 is 1.70 bits per heavy atom. The Hall–Kier alpha value is -2.67. The van der Waals surface area contributed by atoms with Crippen molar-refractivity contribution in [2.24, 2.45) is 0 Å². The molecule has 0 fully saturated rings. The summed E-state index contributed by atoms with van der Waals surface area (Å²) in [6.07, 6.45) is -0.757. The number of carbonyl (C=O) groups excluding carboxylic acids is 2. The molecule has 0 aliphatic heterocycles. The normalized spacial score (nSPS) is 11.4. The van der Waals surface area contributed by atoms with E-state index in [4.69, 9.17) is 9.47 Å². The first-order valence-corrected chi connectivity index (χ1v) is 9.64. The van der Waals surface area contributed by atoms with Crippen LogP contribution in [0.1, 0.15) is 19.4 Å². The van der Waals surface area contributed by atoms with Gasteiger partial charge in [0.15, 0.2) is 6.10 Å². The number of thioether (sulfide) groups is 1. The Balaban J connectivity index is 1.73. The van der Waals surface area contributed by atoms with Gasteiger partial charge in [-0.15, -0.1) is 11.8 Å². The van der Waals surface area contributed by atoms with Gasteiger partial charge in [0.2, 0.25) is 5.91 Å². The monoisotopic (exact) mass is 388 g/mol. The standard InChI is InChI=1S/C20H24N2O4S/c1-4-25-16-9-11-17(12-10-16)26-15(3)20(24)22-21-19(23)13-27-18-8-6-5-7-14(18)2/h5-12,15H,4,13H2,1-3H3,(H,21,23)(H,22,24)/t15-/m0/s1. The summed E-state index contributed by atoms with van der Waals surface area (Å²) in [6, 6.07) is 14.8. The molecule has 0 radical (unpaired) electrons. The lowest BCUT2D eigenvalue weighted by atomic mass is 10.2. The molecule has 0 aliphatic carbocycles. The van der Waals surface area contributed by atoms with Crippen LogP contribution in [0.25, 0.3) is 0 Å². The van der Waals surface area contributed by atoms with Crippen LogP contribution < -0.4 is 20.3 Å². The topological polar surface area (TPSA) is 76.7 Å². The minimum atomic E-state index is -0.757. The summed E-state index contributed by atoms with van der Waals surface area (Å²) in [6.45, 7) is 6.09. The molecule has 0 heterocycles. The third-order valence-electron chi connectivity index (χ3n) is 3.59. The predicted molar refractivity (Wildman–Crippen MR) is 106 cm³/mol. The van der Waals surface area contributed by atoms with Crippen molar-refractivity contribution in [1.82, 2.24) is 10.9 Å². The van der Waals surface area contributed by atoms with Gasteiger partial charge >= 0.3 is 0 Å². The second-order valence-corrected chi connectivity index (χ2v) is 6.77. The number of ether oxygens (including phenoxy) is 2. The third-order valence-corrected chi connectivity index (χ3v) is 4.77. The maximum Gasteiger partial charge on any atom is 0.279 e. The molecule has 2 aromatic rings. The van der Waals surface area contributed by atoms with Crippen LogP contribution in [-0.2, 0) is 9.59 Å². The van der Waals surface area contributed by atoms with E-state index in [1.54, 1.807) is 31.2 Å². The second-order valence-electron chi connectivity index (χ2n) is 5.76. The number of nitrogens with one attached hydrogen (secondary N) is 2. The average Bonchev–Trinajstić information content (AvgIpc) is 2.67. The summed E-state index contributed by atoms with van der Waals surface area (Å²) in [5.41, 5.74) is 5.90. The number of aryl methyl sites for hydroxylation is 1. The largest absolute Gasteiger partial charge is 0.494 e. The molecule has 7 heteroatoms. The zero-order chi connectivity index (χ0) is 19.6.